The van der Waals surface area contributed by atoms with E-state index >= 15 is 0 Å². The van der Waals surface area contributed by atoms with E-state index in [9.17, 15) is 8.42 Å². The molecule has 0 amide bonds. The Kier molecular flexibility index (Phi) is 4.47. The van der Waals surface area contributed by atoms with Gasteiger partial charge in [-0.25, -0.2) is 13.4 Å². The average molecular weight is 299 g/mol. The quantitative estimate of drug-likeness (QED) is 0.888. The molecule has 112 valence electrons. The first kappa shape index (κ1) is 15.0. The summed E-state index contributed by atoms with van der Waals surface area (Å²) in [5.41, 5.74) is 0.785. The van der Waals surface area contributed by atoms with E-state index < -0.39 is 9.84 Å². The molecule has 2 heterocycles. The number of rotatable bonds is 5. The van der Waals surface area contributed by atoms with E-state index in [1.165, 1.54) is 0 Å². The summed E-state index contributed by atoms with van der Waals surface area (Å²) in [6.45, 7) is 6.06. The molecule has 1 atom stereocenters. The molecule has 6 nitrogen and oxygen atoms in total. The van der Waals surface area contributed by atoms with Crippen LogP contribution in [0.5, 0.6) is 5.88 Å². The van der Waals surface area contributed by atoms with E-state index in [0.29, 0.717) is 24.8 Å². The van der Waals surface area contributed by atoms with E-state index in [2.05, 4.69) is 15.3 Å². The SMILES string of the molecule is Cc1cc(OC(C)C)nc(NCC2CCCS2(=O)=O)n1. The van der Waals surface area contributed by atoms with Crippen molar-refractivity contribution in [2.24, 2.45) is 0 Å². The number of sulfone groups is 1. The number of ether oxygens (including phenoxy) is 1. The molecule has 1 unspecified atom stereocenters. The zero-order chi connectivity index (χ0) is 14.8. The molecule has 1 saturated heterocycles. The minimum Gasteiger partial charge on any atom is -0.475 e. The van der Waals surface area contributed by atoms with Gasteiger partial charge < -0.3 is 10.1 Å². The average Bonchev–Trinajstić information content (AvgIpc) is 2.64. The van der Waals surface area contributed by atoms with Gasteiger partial charge in [0.2, 0.25) is 11.8 Å². The Morgan fingerprint density at radius 3 is 2.80 bits per heavy atom. The highest BCUT2D eigenvalue weighted by Crippen LogP contribution is 2.20. The fourth-order valence-electron chi connectivity index (χ4n) is 2.21. The van der Waals surface area contributed by atoms with Crippen LogP contribution in [0.3, 0.4) is 0 Å². The largest absolute Gasteiger partial charge is 0.475 e. The van der Waals surface area contributed by atoms with Crippen molar-refractivity contribution in [1.82, 2.24) is 9.97 Å². The number of aromatic nitrogens is 2. The van der Waals surface area contributed by atoms with Gasteiger partial charge in [-0.1, -0.05) is 0 Å². The van der Waals surface area contributed by atoms with Crippen molar-refractivity contribution in [1.29, 1.82) is 0 Å². The third kappa shape index (κ3) is 3.82. The predicted octanol–water partition coefficient (Wildman–Crippen LogP) is 1.56. The Morgan fingerprint density at radius 1 is 1.45 bits per heavy atom. The third-order valence-electron chi connectivity index (χ3n) is 3.14. The van der Waals surface area contributed by atoms with Crippen LogP contribution < -0.4 is 10.1 Å². The van der Waals surface area contributed by atoms with Crippen molar-refractivity contribution in [3.63, 3.8) is 0 Å². The van der Waals surface area contributed by atoms with Crippen molar-refractivity contribution in [2.75, 3.05) is 17.6 Å². The van der Waals surface area contributed by atoms with Gasteiger partial charge in [-0.2, -0.15) is 4.98 Å². The Balaban J connectivity index is 2.04. The zero-order valence-corrected chi connectivity index (χ0v) is 12.9. The Labute approximate surface area is 119 Å². The molecule has 1 aliphatic heterocycles. The van der Waals surface area contributed by atoms with Crippen LogP contribution in [-0.2, 0) is 9.84 Å². The molecule has 0 bridgehead atoms. The number of anilines is 1. The summed E-state index contributed by atoms with van der Waals surface area (Å²) < 4.78 is 29.1. The molecule has 7 heteroatoms. The maximum absolute atomic E-state index is 11.8. The highest BCUT2D eigenvalue weighted by Gasteiger charge is 2.31. The summed E-state index contributed by atoms with van der Waals surface area (Å²) in [5, 5.41) is 2.68. The van der Waals surface area contributed by atoms with Gasteiger partial charge in [-0.05, 0) is 33.6 Å². The molecule has 1 aromatic rings. The zero-order valence-electron chi connectivity index (χ0n) is 12.1. The maximum Gasteiger partial charge on any atom is 0.226 e. The van der Waals surface area contributed by atoms with Crippen molar-refractivity contribution >= 4 is 15.8 Å². The van der Waals surface area contributed by atoms with Crippen molar-refractivity contribution in [3.8, 4) is 5.88 Å². The minimum absolute atomic E-state index is 0.0346. The van der Waals surface area contributed by atoms with E-state index in [-0.39, 0.29) is 17.1 Å². The van der Waals surface area contributed by atoms with Gasteiger partial charge in [0.25, 0.3) is 0 Å². The molecule has 1 aliphatic rings. The molecule has 0 aromatic carbocycles. The maximum atomic E-state index is 11.8. The van der Waals surface area contributed by atoms with E-state index in [1.54, 1.807) is 6.07 Å². The molecule has 0 radical (unpaired) electrons. The van der Waals surface area contributed by atoms with Crippen molar-refractivity contribution < 1.29 is 13.2 Å². The third-order valence-corrected chi connectivity index (χ3v) is 5.41. The Bertz CT molecular complexity index is 572. The number of nitrogens with zero attached hydrogens (tertiary/aromatic N) is 2. The molecule has 0 spiro atoms. The molecule has 1 N–H and O–H groups in total. The summed E-state index contributed by atoms with van der Waals surface area (Å²) in [6.07, 6.45) is 1.48. The number of hydrogen-bond donors (Lipinski definition) is 1. The second-order valence-corrected chi connectivity index (χ2v) is 7.75. The summed E-state index contributed by atoms with van der Waals surface area (Å²) in [4.78, 5) is 8.50. The van der Waals surface area contributed by atoms with Gasteiger partial charge in [0.15, 0.2) is 9.84 Å². The molecule has 20 heavy (non-hydrogen) atoms. The van der Waals surface area contributed by atoms with Crippen LogP contribution in [0.1, 0.15) is 32.4 Å². The summed E-state index contributed by atoms with van der Waals surface area (Å²) in [5.74, 6) is 1.21. The van der Waals surface area contributed by atoms with Gasteiger partial charge in [0.1, 0.15) is 0 Å². The van der Waals surface area contributed by atoms with Crippen LogP contribution in [0, 0.1) is 6.92 Å². The van der Waals surface area contributed by atoms with Crippen molar-refractivity contribution in [2.45, 2.75) is 45.0 Å². The molecule has 2 rings (SSSR count). The van der Waals surface area contributed by atoms with Crippen LogP contribution in [-0.4, -0.2) is 42.0 Å². The summed E-state index contributed by atoms with van der Waals surface area (Å²) in [6, 6.07) is 1.76. The van der Waals surface area contributed by atoms with Crippen LogP contribution in [0.25, 0.3) is 0 Å². The monoisotopic (exact) mass is 299 g/mol. The van der Waals surface area contributed by atoms with Gasteiger partial charge in [0.05, 0.1) is 17.1 Å². The standard InChI is InChI=1S/C13H21N3O3S/c1-9(2)19-12-7-10(3)15-13(16-12)14-8-11-5-4-6-20(11,17)18/h7,9,11H,4-6,8H2,1-3H3,(H,14,15,16). The molecule has 0 aliphatic carbocycles. The first-order valence-electron chi connectivity index (χ1n) is 6.84. The molecule has 1 fully saturated rings. The summed E-state index contributed by atoms with van der Waals surface area (Å²) in [7, 11) is -2.95. The lowest BCUT2D eigenvalue weighted by Crippen LogP contribution is -2.25. The first-order valence-corrected chi connectivity index (χ1v) is 8.56. The van der Waals surface area contributed by atoms with E-state index in [4.69, 9.17) is 4.74 Å². The number of nitrogens with one attached hydrogen (secondary N) is 1. The van der Waals surface area contributed by atoms with Gasteiger partial charge >= 0.3 is 0 Å². The van der Waals surface area contributed by atoms with Crippen molar-refractivity contribution in [3.05, 3.63) is 11.8 Å². The second kappa shape index (κ2) is 5.95. The molecule has 1 aromatic heterocycles. The lowest BCUT2D eigenvalue weighted by molar-refractivity contribution is 0.232. The highest BCUT2D eigenvalue weighted by molar-refractivity contribution is 7.92. The predicted molar refractivity (Wildman–Crippen MR) is 77.8 cm³/mol. The lowest BCUT2D eigenvalue weighted by atomic mass is 10.2. The molecule has 0 saturated carbocycles. The van der Waals surface area contributed by atoms with Crippen LogP contribution in [0.15, 0.2) is 6.07 Å². The first-order chi connectivity index (χ1) is 9.37. The molecular formula is C13H21N3O3S. The van der Waals surface area contributed by atoms with Crippen LogP contribution in [0.4, 0.5) is 5.95 Å². The Morgan fingerprint density at radius 2 is 2.20 bits per heavy atom. The molecular weight excluding hydrogens is 278 g/mol. The number of hydrogen-bond acceptors (Lipinski definition) is 6. The number of aryl methyl sites for hydroxylation is 1. The topological polar surface area (TPSA) is 81.2 Å². The highest BCUT2D eigenvalue weighted by atomic mass is 32.2. The van der Waals surface area contributed by atoms with Gasteiger partial charge in [-0.3, -0.25) is 0 Å². The fourth-order valence-corrected chi connectivity index (χ4v) is 3.98. The minimum atomic E-state index is -2.95. The van der Waals surface area contributed by atoms with E-state index in [0.717, 1.165) is 12.1 Å². The summed E-state index contributed by atoms with van der Waals surface area (Å²) >= 11 is 0. The van der Waals surface area contributed by atoms with Crippen LogP contribution >= 0.6 is 0 Å². The van der Waals surface area contributed by atoms with Crippen LogP contribution in [0.2, 0.25) is 0 Å². The smallest absolute Gasteiger partial charge is 0.226 e. The van der Waals surface area contributed by atoms with Gasteiger partial charge in [-0.15, -0.1) is 0 Å². The van der Waals surface area contributed by atoms with E-state index in [1.807, 2.05) is 20.8 Å². The Hall–Kier alpha value is -1.37. The fraction of sp³-hybridized carbons (Fsp3) is 0.692. The normalized spacial score (nSPS) is 21.1. The lowest BCUT2D eigenvalue weighted by Gasteiger charge is -2.13. The van der Waals surface area contributed by atoms with Gasteiger partial charge in [0, 0.05) is 18.3 Å². The second-order valence-electron chi connectivity index (χ2n) is 5.35.